The molecule has 7 heteroatoms. The second kappa shape index (κ2) is 9.67. The van der Waals surface area contributed by atoms with Gasteiger partial charge in [0.05, 0.1) is 16.8 Å². The van der Waals surface area contributed by atoms with E-state index in [4.69, 9.17) is 0 Å². The number of hydrogen-bond donors (Lipinski definition) is 1. The first kappa shape index (κ1) is 22.2. The number of amides is 1. The third-order valence-electron chi connectivity index (χ3n) is 5.16. The van der Waals surface area contributed by atoms with Crippen molar-refractivity contribution in [1.82, 2.24) is 5.43 Å². The van der Waals surface area contributed by atoms with Crippen LogP contribution in [0.4, 0.5) is 5.69 Å². The van der Waals surface area contributed by atoms with E-state index in [1.165, 1.54) is 12.1 Å². The van der Waals surface area contributed by atoms with E-state index in [0.29, 0.717) is 5.69 Å². The maximum absolute atomic E-state index is 13.3. The van der Waals surface area contributed by atoms with Crippen LogP contribution in [0.5, 0.6) is 0 Å². The van der Waals surface area contributed by atoms with Crippen molar-refractivity contribution in [3.05, 3.63) is 108 Å². The average molecular weight is 458 g/mol. The number of hydrazone groups is 1. The van der Waals surface area contributed by atoms with Crippen molar-refractivity contribution in [2.75, 3.05) is 10.8 Å². The summed E-state index contributed by atoms with van der Waals surface area (Å²) in [5, 5.41) is 6.13. The highest BCUT2D eigenvalue weighted by atomic mass is 32.2. The zero-order chi connectivity index (χ0) is 23.3. The molecule has 4 aromatic rings. The lowest BCUT2D eigenvalue weighted by Crippen LogP contribution is -2.39. The van der Waals surface area contributed by atoms with Gasteiger partial charge in [-0.1, -0.05) is 78.4 Å². The number of carbonyl (C=O) groups is 1. The Morgan fingerprint density at radius 1 is 0.879 bits per heavy atom. The van der Waals surface area contributed by atoms with Crippen LogP contribution in [-0.2, 0) is 14.8 Å². The Balaban J connectivity index is 1.56. The number of benzene rings is 4. The summed E-state index contributed by atoms with van der Waals surface area (Å²) in [7, 11) is -3.95. The molecule has 0 radical (unpaired) electrons. The van der Waals surface area contributed by atoms with Crippen molar-refractivity contribution in [2.45, 2.75) is 11.8 Å². The van der Waals surface area contributed by atoms with Crippen molar-refractivity contribution >= 4 is 38.6 Å². The molecular formula is C26H23N3O3S. The summed E-state index contributed by atoms with van der Waals surface area (Å²) in [6.45, 7) is 1.47. The van der Waals surface area contributed by atoms with Crippen molar-refractivity contribution in [3.63, 3.8) is 0 Å². The van der Waals surface area contributed by atoms with Crippen molar-refractivity contribution in [3.8, 4) is 0 Å². The second-order valence-corrected chi connectivity index (χ2v) is 9.38. The van der Waals surface area contributed by atoms with Gasteiger partial charge in [0, 0.05) is 5.56 Å². The number of nitrogens with one attached hydrogen (secondary N) is 1. The highest BCUT2D eigenvalue weighted by Crippen LogP contribution is 2.23. The Hall–Kier alpha value is -3.97. The monoisotopic (exact) mass is 457 g/mol. The van der Waals surface area contributed by atoms with Crippen molar-refractivity contribution in [2.24, 2.45) is 5.10 Å². The van der Waals surface area contributed by atoms with Crippen LogP contribution < -0.4 is 9.73 Å². The van der Waals surface area contributed by atoms with E-state index in [2.05, 4.69) is 10.5 Å². The van der Waals surface area contributed by atoms with Crippen LogP contribution in [0.2, 0.25) is 0 Å². The Morgan fingerprint density at radius 2 is 1.55 bits per heavy atom. The van der Waals surface area contributed by atoms with E-state index in [1.807, 2.05) is 49.4 Å². The first-order valence-corrected chi connectivity index (χ1v) is 11.8. The maximum Gasteiger partial charge on any atom is 0.264 e. The number of sulfonamides is 1. The van der Waals surface area contributed by atoms with Gasteiger partial charge in [-0.3, -0.25) is 9.10 Å². The minimum Gasteiger partial charge on any atom is -0.271 e. The van der Waals surface area contributed by atoms with Crippen molar-refractivity contribution < 1.29 is 13.2 Å². The zero-order valence-electron chi connectivity index (χ0n) is 18.0. The van der Waals surface area contributed by atoms with E-state index in [9.17, 15) is 13.2 Å². The number of nitrogens with zero attached hydrogens (tertiary/aromatic N) is 2. The molecule has 0 aromatic heterocycles. The molecule has 0 spiro atoms. The van der Waals surface area contributed by atoms with E-state index >= 15 is 0 Å². The SMILES string of the molecule is Cc1ccc(S(=O)(=O)N(CC(=O)N/N=C\c2cccc3ccccc23)c2ccccc2)cc1. The van der Waals surface area contributed by atoms with Crippen LogP contribution in [0.25, 0.3) is 10.8 Å². The molecule has 0 fully saturated rings. The molecule has 6 nitrogen and oxygen atoms in total. The predicted molar refractivity (Wildman–Crippen MR) is 132 cm³/mol. The standard InChI is InChI=1S/C26H23N3O3S/c1-20-14-16-24(17-15-20)33(31,32)29(23-11-3-2-4-12-23)19-26(30)28-27-18-22-10-7-9-21-8-5-6-13-25(21)22/h2-18H,19H2,1H3,(H,28,30)/b27-18-. The zero-order valence-corrected chi connectivity index (χ0v) is 18.9. The number of carbonyl (C=O) groups excluding carboxylic acids is 1. The number of fused-ring (bicyclic) bond motifs is 1. The third-order valence-corrected chi connectivity index (χ3v) is 6.94. The number of hydrogen-bond acceptors (Lipinski definition) is 4. The van der Waals surface area contributed by atoms with E-state index < -0.39 is 22.5 Å². The normalized spacial score (nSPS) is 11.5. The Morgan fingerprint density at radius 3 is 2.30 bits per heavy atom. The first-order chi connectivity index (χ1) is 15.9. The highest BCUT2D eigenvalue weighted by Gasteiger charge is 2.27. The molecule has 0 aliphatic carbocycles. The van der Waals surface area contributed by atoms with Crippen LogP contribution >= 0.6 is 0 Å². The Bertz CT molecular complexity index is 1390. The average Bonchev–Trinajstić information content (AvgIpc) is 2.83. The molecule has 0 saturated carbocycles. The van der Waals surface area contributed by atoms with Gasteiger partial charge < -0.3 is 0 Å². The van der Waals surface area contributed by atoms with Crippen LogP contribution in [0, 0.1) is 6.92 Å². The summed E-state index contributed by atoms with van der Waals surface area (Å²) in [5.74, 6) is -0.550. The molecule has 0 atom stereocenters. The Kier molecular flexibility index (Phi) is 6.51. The van der Waals surface area contributed by atoms with Gasteiger partial charge in [0.2, 0.25) is 0 Å². The summed E-state index contributed by atoms with van der Waals surface area (Å²) in [6.07, 6.45) is 1.56. The maximum atomic E-state index is 13.3. The summed E-state index contributed by atoms with van der Waals surface area (Å²) in [5.41, 5.74) is 4.64. The molecule has 33 heavy (non-hydrogen) atoms. The fourth-order valence-corrected chi connectivity index (χ4v) is 4.87. The lowest BCUT2D eigenvalue weighted by Gasteiger charge is -2.23. The van der Waals surface area contributed by atoms with Crippen LogP contribution in [0.1, 0.15) is 11.1 Å². The summed E-state index contributed by atoms with van der Waals surface area (Å²) in [6, 6.07) is 28.8. The van der Waals surface area contributed by atoms with E-state index in [1.54, 1.807) is 48.7 Å². The Labute approximate surface area is 193 Å². The number of para-hydroxylation sites is 1. The van der Waals surface area contributed by atoms with E-state index in [-0.39, 0.29) is 4.90 Å². The molecule has 1 amide bonds. The molecule has 0 heterocycles. The van der Waals surface area contributed by atoms with Gasteiger partial charge in [-0.05, 0) is 42.0 Å². The number of aryl methyl sites for hydroxylation is 1. The number of anilines is 1. The quantitative estimate of drug-likeness (QED) is 0.328. The van der Waals surface area contributed by atoms with Gasteiger partial charge >= 0.3 is 0 Å². The molecule has 4 rings (SSSR count). The minimum atomic E-state index is -3.95. The molecule has 0 aliphatic rings. The number of rotatable bonds is 7. The van der Waals surface area contributed by atoms with Gasteiger partial charge in [0.25, 0.3) is 15.9 Å². The molecule has 0 bridgehead atoms. The molecule has 0 aliphatic heterocycles. The smallest absolute Gasteiger partial charge is 0.264 e. The van der Waals surface area contributed by atoms with Gasteiger partial charge in [0.1, 0.15) is 6.54 Å². The van der Waals surface area contributed by atoms with Gasteiger partial charge in [-0.25, -0.2) is 13.8 Å². The summed E-state index contributed by atoms with van der Waals surface area (Å²) in [4.78, 5) is 12.8. The lowest BCUT2D eigenvalue weighted by molar-refractivity contribution is -0.119. The predicted octanol–water partition coefficient (Wildman–Crippen LogP) is 4.49. The topological polar surface area (TPSA) is 78.8 Å². The molecule has 0 saturated heterocycles. The first-order valence-electron chi connectivity index (χ1n) is 10.4. The van der Waals surface area contributed by atoms with Gasteiger partial charge in [-0.15, -0.1) is 0 Å². The molecule has 166 valence electrons. The van der Waals surface area contributed by atoms with Crippen LogP contribution in [0.3, 0.4) is 0 Å². The van der Waals surface area contributed by atoms with Crippen molar-refractivity contribution in [1.29, 1.82) is 0 Å². The van der Waals surface area contributed by atoms with Gasteiger partial charge in [0.15, 0.2) is 0 Å². The highest BCUT2D eigenvalue weighted by molar-refractivity contribution is 7.92. The molecular weight excluding hydrogens is 434 g/mol. The van der Waals surface area contributed by atoms with E-state index in [0.717, 1.165) is 26.2 Å². The summed E-state index contributed by atoms with van der Waals surface area (Å²) < 4.78 is 27.7. The minimum absolute atomic E-state index is 0.115. The van der Waals surface area contributed by atoms with Gasteiger partial charge in [-0.2, -0.15) is 5.10 Å². The molecule has 0 unspecified atom stereocenters. The third kappa shape index (κ3) is 5.10. The largest absolute Gasteiger partial charge is 0.271 e. The van der Waals surface area contributed by atoms with Crippen LogP contribution in [0.15, 0.2) is 107 Å². The fourth-order valence-electron chi connectivity index (χ4n) is 3.45. The van der Waals surface area contributed by atoms with Crippen LogP contribution in [-0.4, -0.2) is 27.1 Å². The second-order valence-electron chi connectivity index (χ2n) is 7.52. The fraction of sp³-hybridized carbons (Fsp3) is 0.0769. The summed E-state index contributed by atoms with van der Waals surface area (Å²) >= 11 is 0. The lowest BCUT2D eigenvalue weighted by atomic mass is 10.1. The molecule has 4 aromatic carbocycles. The molecule has 1 N–H and O–H groups in total.